The standard InChI is InChI=1S/C24H40N2O4SSi/c1-14(30-32(5,6)24(2,3)4)18-20-16-8-7-9-17(31-13-15-10-11-25-12-15)19(16)21(23(28)29)26(20)22(18)27/h14-18,20,25H,7-13H2,1-6H3,(H,28,29)/t14-,15+,16+,17+,18-,20-/m1/s1. The Balaban J connectivity index is 1.55. The Hall–Kier alpha value is -0.833. The molecule has 4 aliphatic rings. The van der Waals surface area contributed by atoms with Gasteiger partial charge in [0.25, 0.3) is 0 Å². The molecule has 0 aromatic carbocycles. The van der Waals surface area contributed by atoms with Crippen LogP contribution in [0.15, 0.2) is 11.3 Å². The topological polar surface area (TPSA) is 78.9 Å². The Labute approximate surface area is 198 Å². The van der Waals surface area contributed by atoms with Crippen LogP contribution in [0.2, 0.25) is 18.1 Å². The van der Waals surface area contributed by atoms with E-state index in [1.165, 1.54) is 6.42 Å². The number of β-lactam (4-membered cyclic amide) rings is 1. The van der Waals surface area contributed by atoms with Gasteiger partial charge in [-0.25, -0.2) is 4.79 Å². The summed E-state index contributed by atoms with van der Waals surface area (Å²) in [4.78, 5) is 27.3. The number of carboxylic acid groups (broad SMARTS) is 1. The summed E-state index contributed by atoms with van der Waals surface area (Å²) in [5.41, 5.74) is 1.34. The van der Waals surface area contributed by atoms with Crippen LogP contribution in [0.5, 0.6) is 0 Å². The molecule has 1 saturated carbocycles. The molecule has 0 bridgehead atoms. The zero-order valence-corrected chi connectivity index (χ0v) is 22.3. The van der Waals surface area contributed by atoms with Crippen LogP contribution in [0, 0.1) is 17.8 Å². The molecular formula is C24H40N2O4SSi. The number of carbonyl (C=O) groups is 2. The van der Waals surface area contributed by atoms with Gasteiger partial charge in [0.1, 0.15) is 5.70 Å². The first-order chi connectivity index (χ1) is 14.9. The molecule has 0 radical (unpaired) electrons. The quantitative estimate of drug-likeness (QED) is 0.422. The van der Waals surface area contributed by atoms with E-state index in [9.17, 15) is 14.7 Å². The maximum atomic E-state index is 13.3. The lowest BCUT2D eigenvalue weighted by Crippen LogP contribution is -2.65. The third-order valence-corrected chi connectivity index (χ3v) is 14.7. The average molecular weight is 481 g/mol. The van der Waals surface area contributed by atoms with E-state index in [1.54, 1.807) is 4.90 Å². The summed E-state index contributed by atoms with van der Waals surface area (Å²) in [6.45, 7) is 15.2. The number of fused-ring (bicyclic) bond motifs is 3. The Morgan fingerprint density at radius 2 is 2.03 bits per heavy atom. The number of nitrogens with zero attached hydrogens (tertiary/aromatic N) is 1. The van der Waals surface area contributed by atoms with Crippen molar-refractivity contribution in [3.63, 3.8) is 0 Å². The highest BCUT2D eigenvalue weighted by atomic mass is 32.2. The molecule has 0 aromatic heterocycles. The van der Waals surface area contributed by atoms with Gasteiger partial charge in [-0.3, -0.25) is 4.79 Å². The van der Waals surface area contributed by atoms with Gasteiger partial charge in [-0.15, -0.1) is 0 Å². The number of nitrogens with one attached hydrogen (secondary N) is 1. The normalized spacial score (nSPS) is 33.8. The van der Waals surface area contributed by atoms with Gasteiger partial charge >= 0.3 is 5.97 Å². The molecule has 6 atom stereocenters. The number of rotatable bonds is 7. The zero-order chi connectivity index (χ0) is 23.4. The van der Waals surface area contributed by atoms with Crippen LogP contribution in [0.25, 0.3) is 0 Å². The van der Waals surface area contributed by atoms with Crippen molar-refractivity contribution >= 4 is 32.0 Å². The third kappa shape index (κ3) is 4.10. The molecule has 0 aromatic rings. The highest BCUT2D eigenvalue weighted by Gasteiger charge is 2.63. The van der Waals surface area contributed by atoms with Gasteiger partial charge in [0.05, 0.1) is 18.1 Å². The highest BCUT2D eigenvalue weighted by molar-refractivity contribution is 8.00. The molecule has 2 saturated heterocycles. The van der Waals surface area contributed by atoms with E-state index in [2.05, 4.69) is 39.2 Å². The molecule has 6 nitrogen and oxygen atoms in total. The fourth-order valence-electron chi connectivity index (χ4n) is 5.82. The second-order valence-corrected chi connectivity index (χ2v) is 17.6. The fourth-order valence-corrected chi connectivity index (χ4v) is 8.84. The molecular weight excluding hydrogens is 440 g/mol. The van der Waals surface area contributed by atoms with Crippen molar-refractivity contribution < 1.29 is 19.1 Å². The smallest absolute Gasteiger partial charge is 0.352 e. The first-order valence-corrected chi connectivity index (χ1v) is 16.2. The SMILES string of the molecule is C[C@@H](O[Si](C)(C)C(C)(C)C)[C@H]1C(=O)N2C(C(=O)O)=C3[C@@H](SC[C@H]4CCNC4)CCC[C@@H]3[C@H]12. The first kappa shape index (κ1) is 24.3. The van der Waals surface area contributed by atoms with Crippen molar-refractivity contribution in [2.45, 2.75) is 88.9 Å². The minimum Gasteiger partial charge on any atom is -0.477 e. The van der Waals surface area contributed by atoms with Crippen LogP contribution < -0.4 is 5.32 Å². The van der Waals surface area contributed by atoms with Crippen LogP contribution in [0.4, 0.5) is 0 Å². The van der Waals surface area contributed by atoms with Crippen LogP contribution in [-0.4, -0.2) is 66.4 Å². The molecule has 3 aliphatic heterocycles. The number of hydrogen-bond acceptors (Lipinski definition) is 5. The molecule has 0 unspecified atom stereocenters. The van der Waals surface area contributed by atoms with Crippen molar-refractivity contribution in [1.29, 1.82) is 0 Å². The Morgan fingerprint density at radius 1 is 1.31 bits per heavy atom. The molecule has 4 rings (SSSR count). The molecule has 0 spiro atoms. The Bertz CT molecular complexity index is 802. The summed E-state index contributed by atoms with van der Waals surface area (Å²) in [6, 6.07) is -0.0417. The number of carboxylic acids is 1. The lowest BCUT2D eigenvalue weighted by Gasteiger charge is -2.50. The lowest BCUT2D eigenvalue weighted by molar-refractivity contribution is -0.163. The van der Waals surface area contributed by atoms with Gasteiger partial charge in [0.2, 0.25) is 5.91 Å². The minimum atomic E-state index is -2.02. The van der Waals surface area contributed by atoms with Gasteiger partial charge in [0.15, 0.2) is 8.32 Å². The van der Waals surface area contributed by atoms with Crippen molar-refractivity contribution in [3.8, 4) is 0 Å². The third-order valence-electron chi connectivity index (χ3n) is 8.53. The van der Waals surface area contributed by atoms with Gasteiger partial charge in [-0.05, 0) is 74.7 Å². The Morgan fingerprint density at radius 3 is 2.62 bits per heavy atom. The summed E-state index contributed by atoms with van der Waals surface area (Å²) in [5, 5.41) is 13.8. The lowest BCUT2D eigenvalue weighted by atomic mass is 9.72. The van der Waals surface area contributed by atoms with E-state index in [0.717, 1.165) is 43.7 Å². The van der Waals surface area contributed by atoms with Crippen LogP contribution in [-0.2, 0) is 14.0 Å². The first-order valence-electron chi connectivity index (χ1n) is 12.2. The Kier molecular flexibility index (Phi) is 6.64. The summed E-state index contributed by atoms with van der Waals surface area (Å²) < 4.78 is 6.62. The predicted octanol–water partition coefficient (Wildman–Crippen LogP) is 4.09. The van der Waals surface area contributed by atoms with E-state index in [1.807, 2.05) is 18.7 Å². The van der Waals surface area contributed by atoms with Crippen LogP contribution in [0.1, 0.15) is 53.4 Å². The van der Waals surface area contributed by atoms with E-state index in [4.69, 9.17) is 4.43 Å². The number of thioether (sulfide) groups is 1. The number of amides is 1. The largest absolute Gasteiger partial charge is 0.477 e. The molecule has 1 amide bonds. The molecule has 3 heterocycles. The zero-order valence-electron chi connectivity index (χ0n) is 20.4. The summed E-state index contributed by atoms with van der Waals surface area (Å²) in [7, 11) is -2.02. The predicted molar refractivity (Wildman–Crippen MR) is 131 cm³/mol. The molecule has 8 heteroatoms. The monoisotopic (exact) mass is 480 g/mol. The summed E-state index contributed by atoms with van der Waals surface area (Å²) in [5.74, 6) is 0.677. The molecule has 2 N–H and O–H groups in total. The number of aliphatic carboxylic acids is 1. The highest BCUT2D eigenvalue weighted by Crippen LogP contribution is 2.55. The van der Waals surface area contributed by atoms with Crippen LogP contribution in [0.3, 0.4) is 0 Å². The van der Waals surface area contributed by atoms with E-state index >= 15 is 0 Å². The van der Waals surface area contributed by atoms with Gasteiger partial charge in [-0.1, -0.05) is 27.2 Å². The van der Waals surface area contributed by atoms with Gasteiger partial charge in [-0.2, -0.15) is 11.8 Å². The maximum absolute atomic E-state index is 13.3. The van der Waals surface area contributed by atoms with E-state index in [-0.39, 0.29) is 40.2 Å². The van der Waals surface area contributed by atoms with Gasteiger partial charge < -0.3 is 19.7 Å². The summed E-state index contributed by atoms with van der Waals surface area (Å²) in [6.07, 6.45) is 4.11. The maximum Gasteiger partial charge on any atom is 0.352 e. The second-order valence-electron chi connectivity index (χ2n) is 11.6. The van der Waals surface area contributed by atoms with Crippen molar-refractivity contribution in [2.24, 2.45) is 17.8 Å². The molecule has 180 valence electrons. The van der Waals surface area contributed by atoms with Gasteiger partial charge in [0, 0.05) is 11.2 Å². The van der Waals surface area contributed by atoms with E-state index < -0.39 is 14.3 Å². The van der Waals surface area contributed by atoms with E-state index in [0.29, 0.717) is 11.6 Å². The van der Waals surface area contributed by atoms with Crippen molar-refractivity contribution in [1.82, 2.24) is 10.2 Å². The minimum absolute atomic E-state index is 0.0417. The van der Waals surface area contributed by atoms with Crippen molar-refractivity contribution in [3.05, 3.63) is 11.3 Å². The summed E-state index contributed by atoms with van der Waals surface area (Å²) >= 11 is 1.92. The average Bonchev–Trinajstić information content (AvgIpc) is 3.29. The van der Waals surface area contributed by atoms with Crippen LogP contribution >= 0.6 is 11.8 Å². The number of carbonyl (C=O) groups excluding carboxylic acids is 1. The molecule has 1 aliphatic carbocycles. The van der Waals surface area contributed by atoms with Crippen molar-refractivity contribution in [2.75, 3.05) is 18.8 Å². The number of hydrogen-bond donors (Lipinski definition) is 2. The fraction of sp³-hybridized carbons (Fsp3) is 0.833. The molecule has 32 heavy (non-hydrogen) atoms. The molecule has 3 fully saturated rings. The second kappa shape index (κ2) is 8.75.